The van der Waals surface area contributed by atoms with E-state index in [4.69, 9.17) is 5.73 Å². The molecular formula is C11H11BrN2O. The van der Waals surface area contributed by atoms with Crippen LogP contribution >= 0.6 is 15.9 Å². The van der Waals surface area contributed by atoms with Gasteiger partial charge in [-0.05, 0) is 34.0 Å². The third-order valence-corrected chi connectivity index (χ3v) is 2.99. The van der Waals surface area contributed by atoms with Crippen molar-refractivity contribution in [2.24, 2.45) is 5.73 Å². The number of aromatic nitrogens is 1. The fourth-order valence-electron chi connectivity index (χ4n) is 1.62. The Kier molecular flexibility index (Phi) is 2.88. The molecule has 3 nitrogen and oxygen atoms in total. The first-order valence-electron chi connectivity index (χ1n) is 4.68. The molecule has 1 aromatic carbocycles. The summed E-state index contributed by atoms with van der Waals surface area (Å²) in [7, 11) is 0. The number of benzene rings is 1. The van der Waals surface area contributed by atoms with Crippen molar-refractivity contribution in [3.05, 3.63) is 36.0 Å². The molecule has 0 aliphatic rings. The third kappa shape index (κ3) is 2.11. The summed E-state index contributed by atoms with van der Waals surface area (Å²) in [6, 6.07) is 7.48. The Bertz CT molecular complexity index is 492. The number of fused-ring (bicyclic) bond motifs is 1. The van der Waals surface area contributed by atoms with E-state index >= 15 is 0 Å². The molecule has 2 rings (SSSR count). The van der Waals surface area contributed by atoms with E-state index in [1.807, 2.05) is 30.5 Å². The number of rotatable bonds is 3. The molecular weight excluding hydrogens is 256 g/mol. The number of hydrogen-bond acceptors (Lipinski definition) is 2. The smallest absolute Gasteiger partial charge is 0.214 e. The van der Waals surface area contributed by atoms with Gasteiger partial charge in [-0.3, -0.25) is 4.79 Å². The maximum atomic E-state index is 11.0. The van der Waals surface area contributed by atoms with E-state index in [2.05, 4.69) is 20.9 Å². The van der Waals surface area contributed by atoms with Crippen LogP contribution in [0.25, 0.3) is 10.9 Å². The van der Waals surface area contributed by atoms with E-state index in [1.165, 1.54) is 0 Å². The summed E-state index contributed by atoms with van der Waals surface area (Å²) >= 11 is 2.88. The lowest BCUT2D eigenvalue weighted by molar-refractivity contribution is -0.111. The quantitative estimate of drug-likeness (QED) is 0.835. The van der Waals surface area contributed by atoms with Gasteiger partial charge < -0.3 is 10.7 Å². The minimum Gasteiger partial charge on any atom is -0.361 e. The van der Waals surface area contributed by atoms with Gasteiger partial charge in [0.1, 0.15) is 0 Å². The van der Waals surface area contributed by atoms with E-state index in [-0.39, 0.29) is 4.69 Å². The van der Waals surface area contributed by atoms with Crippen molar-refractivity contribution in [1.82, 2.24) is 4.98 Å². The number of carbonyl (C=O) groups excluding carboxylic acids is 1. The molecule has 0 fully saturated rings. The number of nitrogens with two attached hydrogens (primary N) is 1. The Balaban J connectivity index is 2.32. The Labute approximate surface area is 95.8 Å². The fraction of sp³-hybridized carbons (Fsp3) is 0.182. The minimum absolute atomic E-state index is 0.159. The lowest BCUT2D eigenvalue weighted by Gasteiger charge is -2.04. The van der Waals surface area contributed by atoms with Crippen LogP contribution in [-0.2, 0) is 11.2 Å². The number of carbonyl (C=O) groups is 1. The molecule has 0 aliphatic heterocycles. The molecule has 78 valence electrons. The Hall–Kier alpha value is -1.13. The van der Waals surface area contributed by atoms with Gasteiger partial charge in [0.05, 0.1) is 6.04 Å². The molecule has 1 unspecified atom stereocenters. The van der Waals surface area contributed by atoms with Crippen molar-refractivity contribution in [2.75, 3.05) is 0 Å². The zero-order chi connectivity index (χ0) is 10.8. The van der Waals surface area contributed by atoms with Gasteiger partial charge in [0, 0.05) is 17.1 Å². The first-order valence-corrected chi connectivity index (χ1v) is 5.47. The average Bonchev–Trinajstić information content (AvgIpc) is 2.62. The first kappa shape index (κ1) is 10.4. The molecule has 1 atom stereocenters. The van der Waals surface area contributed by atoms with Crippen LogP contribution < -0.4 is 5.73 Å². The van der Waals surface area contributed by atoms with E-state index < -0.39 is 6.04 Å². The molecule has 1 aromatic heterocycles. The molecule has 15 heavy (non-hydrogen) atoms. The van der Waals surface area contributed by atoms with Gasteiger partial charge in [-0.25, -0.2) is 0 Å². The third-order valence-electron chi connectivity index (χ3n) is 2.41. The van der Waals surface area contributed by atoms with Crippen LogP contribution in [0.15, 0.2) is 30.5 Å². The number of aromatic amines is 1. The second-order valence-electron chi connectivity index (χ2n) is 3.47. The van der Waals surface area contributed by atoms with Crippen molar-refractivity contribution in [2.45, 2.75) is 12.5 Å². The summed E-state index contributed by atoms with van der Waals surface area (Å²) in [6.07, 6.45) is 2.45. The van der Waals surface area contributed by atoms with E-state index in [0.29, 0.717) is 6.42 Å². The molecule has 0 bridgehead atoms. The van der Waals surface area contributed by atoms with Gasteiger partial charge in [0.15, 0.2) is 0 Å². The number of nitrogens with one attached hydrogen (secondary N) is 1. The van der Waals surface area contributed by atoms with Crippen LogP contribution in [0.1, 0.15) is 5.56 Å². The topological polar surface area (TPSA) is 58.9 Å². The number of halogens is 1. The zero-order valence-electron chi connectivity index (χ0n) is 8.03. The minimum atomic E-state index is -0.482. The standard InChI is InChI=1S/C11H11BrN2O/c12-11(15)9(13)5-7-6-14-10-4-2-1-3-8(7)10/h1-4,6,9,14H,5,13H2. The lowest BCUT2D eigenvalue weighted by atomic mass is 10.1. The largest absolute Gasteiger partial charge is 0.361 e. The van der Waals surface area contributed by atoms with Gasteiger partial charge in [-0.2, -0.15) is 0 Å². The highest BCUT2D eigenvalue weighted by Gasteiger charge is 2.13. The highest BCUT2D eigenvalue weighted by Crippen LogP contribution is 2.19. The number of H-pyrrole nitrogens is 1. The van der Waals surface area contributed by atoms with Crippen molar-refractivity contribution < 1.29 is 4.79 Å². The summed E-state index contributed by atoms with van der Waals surface area (Å²) < 4.78 is -0.159. The molecule has 0 saturated heterocycles. The van der Waals surface area contributed by atoms with Gasteiger partial charge in [0.2, 0.25) is 4.69 Å². The van der Waals surface area contributed by atoms with Crippen LogP contribution in [-0.4, -0.2) is 15.7 Å². The second kappa shape index (κ2) is 4.16. The first-order chi connectivity index (χ1) is 7.18. The van der Waals surface area contributed by atoms with Crippen LogP contribution in [0.4, 0.5) is 0 Å². The molecule has 4 heteroatoms. The van der Waals surface area contributed by atoms with Crippen LogP contribution in [0.5, 0.6) is 0 Å². The zero-order valence-corrected chi connectivity index (χ0v) is 9.62. The van der Waals surface area contributed by atoms with Gasteiger partial charge in [0.25, 0.3) is 0 Å². The summed E-state index contributed by atoms with van der Waals surface area (Å²) in [5.74, 6) is 0. The van der Waals surface area contributed by atoms with Gasteiger partial charge >= 0.3 is 0 Å². The normalized spacial score (nSPS) is 12.9. The summed E-state index contributed by atoms with van der Waals surface area (Å²) in [6.45, 7) is 0. The van der Waals surface area contributed by atoms with Crippen molar-refractivity contribution in [1.29, 1.82) is 0 Å². The maximum Gasteiger partial charge on any atom is 0.214 e. The van der Waals surface area contributed by atoms with Crippen molar-refractivity contribution >= 4 is 31.5 Å². The molecule has 2 aromatic rings. The van der Waals surface area contributed by atoms with Crippen molar-refractivity contribution in [3.8, 4) is 0 Å². The predicted molar refractivity (Wildman–Crippen MR) is 63.9 cm³/mol. The summed E-state index contributed by atoms with van der Waals surface area (Å²) in [5, 5.41) is 1.13. The molecule has 1 heterocycles. The Morgan fingerprint density at radius 3 is 2.93 bits per heavy atom. The van der Waals surface area contributed by atoms with Crippen LogP contribution in [0, 0.1) is 0 Å². The van der Waals surface area contributed by atoms with E-state index in [9.17, 15) is 4.79 Å². The SMILES string of the molecule is NC(Cc1c[nH]c2ccccc12)C(=O)Br. The molecule has 0 spiro atoms. The van der Waals surface area contributed by atoms with E-state index in [0.717, 1.165) is 16.5 Å². The average molecular weight is 267 g/mol. The molecule has 3 N–H and O–H groups in total. The predicted octanol–water partition coefficient (Wildman–Crippen LogP) is 1.96. The van der Waals surface area contributed by atoms with Crippen molar-refractivity contribution in [3.63, 3.8) is 0 Å². The number of para-hydroxylation sites is 1. The summed E-state index contributed by atoms with van der Waals surface area (Å²) in [4.78, 5) is 14.1. The molecule has 0 radical (unpaired) electrons. The fourth-order valence-corrected chi connectivity index (χ4v) is 1.78. The van der Waals surface area contributed by atoms with Gasteiger partial charge in [-0.1, -0.05) is 18.2 Å². The molecule has 0 amide bonds. The van der Waals surface area contributed by atoms with Gasteiger partial charge in [-0.15, -0.1) is 0 Å². The highest BCUT2D eigenvalue weighted by molar-refractivity contribution is 9.18. The monoisotopic (exact) mass is 266 g/mol. The van der Waals surface area contributed by atoms with E-state index in [1.54, 1.807) is 0 Å². The summed E-state index contributed by atoms with van der Waals surface area (Å²) in [5.41, 5.74) is 7.83. The number of hydrogen-bond donors (Lipinski definition) is 2. The molecule has 0 aliphatic carbocycles. The highest BCUT2D eigenvalue weighted by atomic mass is 79.9. The maximum absolute atomic E-state index is 11.0. The molecule has 0 saturated carbocycles. The Morgan fingerprint density at radius 1 is 1.47 bits per heavy atom. The van der Waals surface area contributed by atoms with Crippen LogP contribution in [0.3, 0.4) is 0 Å². The second-order valence-corrected chi connectivity index (χ2v) is 4.26. The lowest BCUT2D eigenvalue weighted by Crippen LogP contribution is -2.28. The van der Waals surface area contributed by atoms with Crippen LogP contribution in [0.2, 0.25) is 0 Å². The Morgan fingerprint density at radius 2 is 2.20 bits per heavy atom.